The molecule has 0 saturated heterocycles. The first kappa shape index (κ1) is 86.7. The van der Waals surface area contributed by atoms with Crippen LogP contribution in [0, 0.1) is 35.5 Å². The normalized spacial score (nSPS) is 15.6. The van der Waals surface area contributed by atoms with Gasteiger partial charge in [0.15, 0.2) is 0 Å². The second-order valence-corrected chi connectivity index (χ2v) is 26.9. The van der Waals surface area contributed by atoms with Gasteiger partial charge in [0.05, 0.1) is 23.7 Å². The summed E-state index contributed by atoms with van der Waals surface area (Å²) < 4.78 is 31.5. The van der Waals surface area contributed by atoms with Crippen molar-refractivity contribution in [1.29, 1.82) is 0 Å². The van der Waals surface area contributed by atoms with Crippen molar-refractivity contribution in [3.8, 4) is 0 Å². The first-order valence-corrected chi connectivity index (χ1v) is 38.1. The Balaban J connectivity index is 0.00000197. The van der Waals surface area contributed by atoms with Crippen LogP contribution >= 0.6 is 0 Å². The summed E-state index contributed by atoms with van der Waals surface area (Å²) in [5.41, 5.74) is 0. The molecule has 0 spiro atoms. The number of carbonyl (C=O) groups excluding carboxylic acids is 6. The molecule has 0 heterocycles. The number of nitrogens with zero attached hydrogens (tertiary/aromatic N) is 1. The van der Waals surface area contributed by atoms with Gasteiger partial charge in [-0.3, -0.25) is 28.8 Å². The van der Waals surface area contributed by atoms with Gasteiger partial charge >= 0.3 is 23.9 Å². The van der Waals surface area contributed by atoms with Crippen LogP contribution in [0.4, 0.5) is 0 Å². The molecule has 530 valence electrons. The molecule has 0 aromatic carbocycles. The van der Waals surface area contributed by atoms with Crippen molar-refractivity contribution in [3.63, 3.8) is 0 Å². The highest BCUT2D eigenvalue weighted by Crippen LogP contribution is 2.30. The molecule has 0 aromatic heterocycles. The predicted molar refractivity (Wildman–Crippen MR) is 368 cm³/mol. The Morgan fingerprint density at radius 3 is 1.01 bits per heavy atom. The van der Waals surface area contributed by atoms with Crippen molar-refractivity contribution in [2.75, 3.05) is 65.9 Å². The Bertz CT molecular complexity index is 1510. The average molecular weight is 1280 g/mol. The minimum Gasteiger partial charge on any atom is -0.467 e. The van der Waals surface area contributed by atoms with Gasteiger partial charge in [-0.2, -0.15) is 0 Å². The van der Waals surface area contributed by atoms with E-state index in [1.54, 1.807) is 0 Å². The Morgan fingerprint density at radius 2 is 0.678 bits per heavy atom. The maximum absolute atomic E-state index is 12.7. The first-order chi connectivity index (χ1) is 44.0. The lowest BCUT2D eigenvalue weighted by atomic mass is 9.86. The van der Waals surface area contributed by atoms with Crippen LogP contribution in [0.5, 0.6) is 0 Å². The smallest absolute Gasteiger partial charge is 0.308 e. The molecule has 4 rings (SSSR count). The first-order valence-electron chi connectivity index (χ1n) is 38.1. The quantitative estimate of drug-likeness (QED) is 0.0263. The maximum atomic E-state index is 12.7. The van der Waals surface area contributed by atoms with E-state index < -0.39 is 5.92 Å². The number of esters is 4. The summed E-state index contributed by atoms with van der Waals surface area (Å²) in [5.74, 6) is 0.263. The van der Waals surface area contributed by atoms with Crippen molar-refractivity contribution < 1.29 is 62.3 Å². The average Bonchev–Trinajstić information content (AvgIpc) is 3.66. The van der Waals surface area contributed by atoms with Gasteiger partial charge in [-0.1, -0.05) is 273 Å². The molecule has 0 radical (unpaired) electrons. The Kier molecular flexibility index (Phi) is 64.7. The van der Waals surface area contributed by atoms with Crippen LogP contribution in [0.2, 0.25) is 0 Å². The van der Waals surface area contributed by atoms with Crippen LogP contribution in [0.25, 0.3) is 0 Å². The number of ether oxygens (including phenoxy) is 6. The SMILES string of the molecule is CCCCC.CCCCC.CCCCCC1CCCCC1.CCCCCC1CCCCC1.O=COCC(COC=O)COC(=O)CCCCCCCN(CCCCO)CCCCCCCC(=O)OCC(COC(=O)C1CCCCC1)COC(=O)C1CCCCC1. The lowest BCUT2D eigenvalue weighted by molar-refractivity contribution is -0.158. The molecule has 14 heteroatoms. The van der Waals surface area contributed by atoms with E-state index in [1.807, 2.05) is 0 Å². The van der Waals surface area contributed by atoms with Crippen LogP contribution in [-0.4, -0.2) is 113 Å². The lowest BCUT2D eigenvalue weighted by Crippen LogP contribution is -2.30. The second-order valence-electron chi connectivity index (χ2n) is 26.9. The topological polar surface area (TPSA) is 181 Å². The van der Waals surface area contributed by atoms with Gasteiger partial charge in [0.25, 0.3) is 12.9 Å². The summed E-state index contributed by atoms with van der Waals surface area (Å²) in [5, 5.41) is 9.26. The Morgan fingerprint density at radius 1 is 0.367 bits per heavy atom. The van der Waals surface area contributed by atoms with Gasteiger partial charge in [0.2, 0.25) is 0 Å². The van der Waals surface area contributed by atoms with E-state index in [4.69, 9.17) is 28.4 Å². The van der Waals surface area contributed by atoms with E-state index in [1.165, 1.54) is 154 Å². The number of rotatable bonds is 48. The van der Waals surface area contributed by atoms with Crippen molar-refractivity contribution in [2.45, 2.75) is 350 Å². The van der Waals surface area contributed by atoms with Crippen molar-refractivity contribution >= 4 is 36.8 Å². The Labute approximate surface area is 552 Å². The molecule has 4 aliphatic carbocycles. The largest absolute Gasteiger partial charge is 0.467 e. The number of unbranched alkanes of at least 4 members (excludes halogenated alkanes) is 17. The van der Waals surface area contributed by atoms with Crippen LogP contribution in [0.15, 0.2) is 0 Å². The summed E-state index contributed by atoms with van der Waals surface area (Å²) in [6.45, 7) is 17.4. The van der Waals surface area contributed by atoms with Gasteiger partial charge in [-0.15, -0.1) is 0 Å². The van der Waals surface area contributed by atoms with Gasteiger partial charge in [-0.05, 0) is 95.7 Å². The molecule has 0 bridgehead atoms. The Hall–Kier alpha value is -3.26. The molecule has 0 aliphatic heterocycles. The molecule has 14 nitrogen and oxygen atoms in total. The second kappa shape index (κ2) is 67.2. The summed E-state index contributed by atoms with van der Waals surface area (Å²) in [4.78, 5) is 73.4. The highest BCUT2D eigenvalue weighted by Gasteiger charge is 2.27. The minimum atomic E-state index is -0.394. The van der Waals surface area contributed by atoms with Crippen molar-refractivity contribution in [2.24, 2.45) is 35.5 Å². The van der Waals surface area contributed by atoms with Crippen LogP contribution in [-0.2, 0) is 57.2 Å². The van der Waals surface area contributed by atoms with Gasteiger partial charge < -0.3 is 38.4 Å². The summed E-state index contributed by atoms with van der Waals surface area (Å²) in [6, 6.07) is 0. The predicted octanol–water partition coefficient (Wildman–Crippen LogP) is 19.3. The molecular formula is C76H143NO13. The molecule has 0 unspecified atom stereocenters. The number of hydrogen-bond donors (Lipinski definition) is 1. The zero-order chi connectivity index (χ0) is 66.0. The zero-order valence-corrected chi connectivity index (χ0v) is 59.4. The van der Waals surface area contributed by atoms with Gasteiger partial charge in [0, 0.05) is 19.4 Å². The molecule has 0 aromatic rings. The fourth-order valence-corrected chi connectivity index (χ4v) is 12.6. The molecule has 0 atom stereocenters. The molecule has 4 aliphatic rings. The highest BCUT2D eigenvalue weighted by atomic mass is 16.6. The van der Waals surface area contributed by atoms with E-state index in [-0.39, 0.29) is 87.9 Å². The minimum absolute atomic E-state index is 0.00773. The molecule has 4 fully saturated rings. The van der Waals surface area contributed by atoms with Gasteiger partial charge in [0.1, 0.15) is 39.6 Å². The van der Waals surface area contributed by atoms with Crippen molar-refractivity contribution in [3.05, 3.63) is 0 Å². The van der Waals surface area contributed by atoms with Crippen LogP contribution in [0.1, 0.15) is 350 Å². The number of carbonyl (C=O) groups is 6. The van der Waals surface area contributed by atoms with Crippen molar-refractivity contribution in [1.82, 2.24) is 4.90 Å². The molecule has 0 amide bonds. The zero-order valence-electron chi connectivity index (χ0n) is 59.4. The van der Waals surface area contributed by atoms with Crippen LogP contribution in [0.3, 0.4) is 0 Å². The van der Waals surface area contributed by atoms with E-state index >= 15 is 0 Å². The standard InChI is InChI=1S/C44H75NO13.2C11H22.2C5H12/c46-28-18-17-27-45(25-15-5-1-3-13-23-41(49)55-31-37(29-53-35-47)30-54-36-48)26-16-6-2-4-14-24-42(50)56-32-38(33-57-43(51)39-19-9-7-10-20-39)34-58-44(52)40-21-11-8-12-22-40;2*1-2-3-5-8-11-9-6-4-7-10-11;2*1-3-5-4-2/h35-40,46H,1-34H2;2*11H,2-10H2,1H3;2*3-5H2,1-2H3. The van der Waals surface area contributed by atoms with E-state index in [0.717, 1.165) is 173 Å². The third-order valence-corrected chi connectivity index (χ3v) is 18.4. The molecule has 1 N–H and O–H groups in total. The third-order valence-electron chi connectivity index (χ3n) is 18.4. The van der Waals surface area contributed by atoms with E-state index in [2.05, 4.69) is 46.4 Å². The maximum Gasteiger partial charge on any atom is 0.308 e. The summed E-state index contributed by atoms with van der Waals surface area (Å²) in [6.07, 6.45) is 56.8. The summed E-state index contributed by atoms with van der Waals surface area (Å²) in [7, 11) is 0. The fraction of sp³-hybridized carbons (Fsp3) is 0.921. The lowest BCUT2D eigenvalue weighted by Gasteiger charge is -2.24. The molecule has 90 heavy (non-hydrogen) atoms. The van der Waals surface area contributed by atoms with Crippen LogP contribution < -0.4 is 0 Å². The third kappa shape index (κ3) is 55.2. The van der Waals surface area contributed by atoms with Gasteiger partial charge in [-0.25, -0.2) is 0 Å². The van der Waals surface area contributed by atoms with E-state index in [9.17, 15) is 33.9 Å². The number of hydrogen-bond acceptors (Lipinski definition) is 14. The monoisotopic (exact) mass is 1280 g/mol. The number of aliphatic hydroxyl groups excluding tert-OH is 1. The molecular weight excluding hydrogens is 1130 g/mol. The summed E-state index contributed by atoms with van der Waals surface area (Å²) >= 11 is 0. The molecule has 4 saturated carbocycles. The number of aliphatic hydroxyl groups is 1. The van der Waals surface area contributed by atoms with E-state index in [0.29, 0.717) is 25.8 Å². The fourth-order valence-electron chi connectivity index (χ4n) is 12.6. The highest BCUT2D eigenvalue weighted by molar-refractivity contribution is 5.73.